The summed E-state index contributed by atoms with van der Waals surface area (Å²) in [6.45, 7) is 8.98. The average molecular weight is 552 g/mol. The lowest BCUT2D eigenvalue weighted by Gasteiger charge is -2.33. The van der Waals surface area contributed by atoms with E-state index in [1.54, 1.807) is 0 Å². The van der Waals surface area contributed by atoms with Crippen LogP contribution in [0.4, 0.5) is 11.8 Å². The summed E-state index contributed by atoms with van der Waals surface area (Å²) in [7, 11) is 0. The van der Waals surface area contributed by atoms with E-state index in [4.69, 9.17) is 19.4 Å². The summed E-state index contributed by atoms with van der Waals surface area (Å²) in [6, 6.07) is 6.94. The van der Waals surface area contributed by atoms with E-state index in [0.717, 1.165) is 108 Å². The first-order valence-corrected chi connectivity index (χ1v) is 15.7. The van der Waals surface area contributed by atoms with Gasteiger partial charge in [0.2, 0.25) is 11.9 Å². The molecule has 9 heteroatoms. The molecule has 0 saturated carbocycles. The van der Waals surface area contributed by atoms with Crippen LogP contribution in [0, 0.1) is 5.92 Å². The van der Waals surface area contributed by atoms with Gasteiger partial charge in [-0.2, -0.15) is 4.98 Å². The highest BCUT2D eigenvalue weighted by molar-refractivity contribution is 7.99. The van der Waals surface area contributed by atoms with Crippen molar-refractivity contribution in [2.24, 2.45) is 5.92 Å². The lowest BCUT2D eigenvalue weighted by atomic mass is 10.0. The van der Waals surface area contributed by atoms with Gasteiger partial charge in [-0.25, -0.2) is 4.98 Å². The molecule has 0 spiro atoms. The van der Waals surface area contributed by atoms with Gasteiger partial charge in [0.05, 0.1) is 10.6 Å². The summed E-state index contributed by atoms with van der Waals surface area (Å²) in [4.78, 5) is 28.1. The molecule has 210 valence electrons. The Morgan fingerprint density at radius 3 is 2.56 bits per heavy atom. The fourth-order valence-electron chi connectivity index (χ4n) is 6.06. The summed E-state index contributed by atoms with van der Waals surface area (Å²) >= 11 is 1.88. The van der Waals surface area contributed by atoms with Crippen LogP contribution in [-0.2, 0) is 28.8 Å². The van der Waals surface area contributed by atoms with E-state index < -0.39 is 0 Å². The molecule has 4 aliphatic rings. The molecule has 2 aromatic rings. The number of amides is 1. The van der Waals surface area contributed by atoms with E-state index in [1.807, 2.05) is 30.5 Å². The predicted octanol–water partition coefficient (Wildman–Crippen LogP) is 4.35. The van der Waals surface area contributed by atoms with Crippen LogP contribution in [0.3, 0.4) is 0 Å². The number of carbonyl (C=O) groups excluding carboxylic acids is 1. The Morgan fingerprint density at radius 1 is 1.03 bits per heavy atom. The molecule has 1 amide bonds. The standard InChI is InChI=1S/C30H41N5O3S/c1-20(2)29(36)34-12-5-21-3-4-25(19-22(21)6-13-34)38-24-7-14-35(15-8-24)30-32-26-11-18-39-27(26)28(33-30)31-23-9-16-37-17-10-23/h3-4,19-20,23-24H,5-18H2,1-2H3,(H,31,32,33). The van der Waals surface area contributed by atoms with Gasteiger partial charge in [-0.15, -0.1) is 11.8 Å². The number of nitrogens with one attached hydrogen (secondary N) is 1. The van der Waals surface area contributed by atoms with E-state index in [1.165, 1.54) is 21.7 Å². The number of fused-ring (bicyclic) bond motifs is 2. The molecule has 0 aliphatic carbocycles. The Labute approximate surface area is 236 Å². The monoisotopic (exact) mass is 551 g/mol. The molecule has 1 aromatic heterocycles. The van der Waals surface area contributed by atoms with Crippen LogP contribution in [0.1, 0.15) is 56.4 Å². The number of piperidine rings is 1. The number of thioether (sulfide) groups is 1. The van der Waals surface area contributed by atoms with Gasteiger partial charge in [-0.1, -0.05) is 19.9 Å². The number of rotatable bonds is 6. The number of hydrogen-bond acceptors (Lipinski definition) is 8. The third-order valence-corrected chi connectivity index (χ3v) is 9.51. The Kier molecular flexibility index (Phi) is 8.16. The van der Waals surface area contributed by atoms with E-state index >= 15 is 0 Å². The summed E-state index contributed by atoms with van der Waals surface area (Å²) in [6.07, 6.45) is 6.96. The molecule has 8 nitrogen and oxygen atoms in total. The molecule has 5 heterocycles. The smallest absolute Gasteiger partial charge is 0.227 e. The van der Waals surface area contributed by atoms with Crippen LogP contribution in [0.25, 0.3) is 0 Å². The first-order chi connectivity index (χ1) is 19.0. The normalized spacial score (nSPS) is 20.5. The number of hydrogen-bond donors (Lipinski definition) is 1. The molecule has 0 atom stereocenters. The van der Waals surface area contributed by atoms with Crippen molar-refractivity contribution in [2.75, 3.05) is 55.4 Å². The van der Waals surface area contributed by atoms with Gasteiger partial charge < -0.3 is 24.6 Å². The van der Waals surface area contributed by atoms with Crippen molar-refractivity contribution in [3.8, 4) is 5.75 Å². The van der Waals surface area contributed by atoms with Crippen molar-refractivity contribution >= 4 is 29.4 Å². The minimum absolute atomic E-state index is 0.0481. The largest absolute Gasteiger partial charge is 0.490 e. The molecule has 2 saturated heterocycles. The highest BCUT2D eigenvalue weighted by atomic mass is 32.2. The number of nitrogens with zero attached hydrogens (tertiary/aromatic N) is 4. The molecule has 1 aromatic carbocycles. The van der Waals surface area contributed by atoms with Gasteiger partial charge in [0.1, 0.15) is 17.7 Å². The zero-order valence-corrected chi connectivity index (χ0v) is 24.1. The van der Waals surface area contributed by atoms with Gasteiger partial charge in [0.25, 0.3) is 0 Å². The predicted molar refractivity (Wildman–Crippen MR) is 155 cm³/mol. The van der Waals surface area contributed by atoms with Crippen LogP contribution in [0.15, 0.2) is 23.1 Å². The number of carbonyl (C=O) groups is 1. The zero-order chi connectivity index (χ0) is 26.8. The van der Waals surface area contributed by atoms with Gasteiger partial charge in [-0.05, 0) is 48.9 Å². The molecular formula is C30H41N5O3S. The van der Waals surface area contributed by atoms with Crippen molar-refractivity contribution in [3.63, 3.8) is 0 Å². The van der Waals surface area contributed by atoms with Crippen molar-refractivity contribution < 1.29 is 14.3 Å². The van der Waals surface area contributed by atoms with E-state index in [-0.39, 0.29) is 17.9 Å². The first kappa shape index (κ1) is 26.7. The van der Waals surface area contributed by atoms with Crippen LogP contribution in [-0.4, -0.2) is 78.1 Å². The van der Waals surface area contributed by atoms with Gasteiger partial charge in [-0.3, -0.25) is 4.79 Å². The van der Waals surface area contributed by atoms with Gasteiger partial charge in [0.15, 0.2) is 0 Å². The lowest BCUT2D eigenvalue weighted by molar-refractivity contribution is -0.134. The van der Waals surface area contributed by atoms with Crippen LogP contribution >= 0.6 is 11.8 Å². The first-order valence-electron chi connectivity index (χ1n) is 14.7. The van der Waals surface area contributed by atoms with Gasteiger partial charge >= 0.3 is 0 Å². The zero-order valence-electron chi connectivity index (χ0n) is 23.3. The SMILES string of the molecule is CC(C)C(=O)N1CCc2ccc(OC3CCN(c4nc5c(c(NC6CCOCC6)n4)SCC5)CC3)cc2CC1. The number of anilines is 2. The molecule has 0 radical (unpaired) electrons. The Hall–Kier alpha value is -2.52. The summed E-state index contributed by atoms with van der Waals surface area (Å²) in [5, 5.41) is 3.72. The van der Waals surface area contributed by atoms with Crippen LogP contribution in [0.5, 0.6) is 5.75 Å². The second-order valence-electron chi connectivity index (χ2n) is 11.5. The molecule has 39 heavy (non-hydrogen) atoms. The quantitative estimate of drug-likeness (QED) is 0.568. The van der Waals surface area contributed by atoms with Crippen molar-refractivity contribution in [1.82, 2.24) is 14.9 Å². The van der Waals surface area contributed by atoms with Crippen LogP contribution in [0.2, 0.25) is 0 Å². The third-order valence-electron chi connectivity index (χ3n) is 8.38. The van der Waals surface area contributed by atoms with E-state index in [9.17, 15) is 4.79 Å². The number of benzene rings is 1. The van der Waals surface area contributed by atoms with Crippen molar-refractivity contribution in [3.05, 3.63) is 35.0 Å². The summed E-state index contributed by atoms with van der Waals surface area (Å²) < 4.78 is 12.0. The maximum Gasteiger partial charge on any atom is 0.227 e. The second kappa shape index (κ2) is 11.9. The third kappa shape index (κ3) is 6.14. The lowest BCUT2D eigenvalue weighted by Crippen LogP contribution is -2.39. The molecule has 0 bridgehead atoms. The Balaban J connectivity index is 1.07. The molecule has 0 unspecified atom stereocenters. The Morgan fingerprint density at radius 2 is 1.79 bits per heavy atom. The van der Waals surface area contributed by atoms with Gasteiger partial charge in [0, 0.05) is 76.4 Å². The fourth-order valence-corrected chi connectivity index (χ4v) is 7.11. The highest BCUT2D eigenvalue weighted by Gasteiger charge is 2.28. The van der Waals surface area contributed by atoms with E-state index in [0.29, 0.717) is 6.04 Å². The highest BCUT2D eigenvalue weighted by Crippen LogP contribution is 2.38. The molecule has 4 aliphatic heterocycles. The average Bonchev–Trinajstić information content (AvgIpc) is 3.34. The molecular weight excluding hydrogens is 510 g/mol. The van der Waals surface area contributed by atoms with Crippen LogP contribution < -0.4 is 15.0 Å². The maximum absolute atomic E-state index is 12.5. The maximum atomic E-state index is 12.5. The fraction of sp³-hybridized carbons (Fsp3) is 0.633. The minimum Gasteiger partial charge on any atom is -0.490 e. The topological polar surface area (TPSA) is 79.8 Å². The number of aryl methyl sites for hydroxylation is 1. The minimum atomic E-state index is 0.0481. The second-order valence-corrected chi connectivity index (χ2v) is 12.6. The molecule has 1 N–H and O–H groups in total. The molecule has 6 rings (SSSR count). The van der Waals surface area contributed by atoms with E-state index in [2.05, 4.69) is 28.4 Å². The number of ether oxygens (including phenoxy) is 2. The Bertz CT molecular complexity index is 1180. The summed E-state index contributed by atoms with van der Waals surface area (Å²) in [5.41, 5.74) is 3.85. The van der Waals surface area contributed by atoms with Crippen molar-refractivity contribution in [1.29, 1.82) is 0 Å². The number of aromatic nitrogens is 2. The molecule has 2 fully saturated rings. The summed E-state index contributed by atoms with van der Waals surface area (Å²) in [5.74, 6) is 4.20. The van der Waals surface area contributed by atoms with Crippen molar-refractivity contribution in [2.45, 2.75) is 75.8 Å².